The fourth-order valence-corrected chi connectivity index (χ4v) is 2.25. The lowest BCUT2D eigenvalue weighted by atomic mass is 9.84. The van der Waals surface area contributed by atoms with Crippen molar-refractivity contribution in [3.63, 3.8) is 0 Å². The standard InChI is InChI=1S/C11H17N3O2/c12-7-8-3-1-2-4-9(8)14-11(15)10-5-6-13-16-10/h5-6,8-9H,1-4,7,12H2,(H,14,15). The SMILES string of the molecule is NCC1CCCCC1NC(=O)c1ccno1. The highest BCUT2D eigenvalue weighted by Gasteiger charge is 2.26. The Hall–Kier alpha value is -1.36. The van der Waals surface area contributed by atoms with Crippen LogP contribution in [-0.4, -0.2) is 23.7 Å². The van der Waals surface area contributed by atoms with Gasteiger partial charge in [-0.15, -0.1) is 0 Å². The molecule has 0 bridgehead atoms. The van der Waals surface area contributed by atoms with Crippen LogP contribution in [0, 0.1) is 5.92 Å². The van der Waals surface area contributed by atoms with Gasteiger partial charge in [0.15, 0.2) is 0 Å². The molecule has 5 heteroatoms. The van der Waals surface area contributed by atoms with Crippen molar-refractivity contribution in [2.45, 2.75) is 31.7 Å². The Bertz CT molecular complexity index is 337. The molecule has 2 unspecified atom stereocenters. The summed E-state index contributed by atoms with van der Waals surface area (Å²) in [5.41, 5.74) is 5.70. The minimum absolute atomic E-state index is 0.177. The van der Waals surface area contributed by atoms with E-state index in [0.717, 1.165) is 19.3 Å². The minimum Gasteiger partial charge on any atom is -0.351 e. The normalized spacial score (nSPS) is 25.3. The van der Waals surface area contributed by atoms with E-state index in [1.807, 2.05) is 0 Å². The molecule has 0 aromatic carbocycles. The van der Waals surface area contributed by atoms with Gasteiger partial charge < -0.3 is 15.6 Å². The Morgan fingerprint density at radius 3 is 3.06 bits per heavy atom. The number of amides is 1. The summed E-state index contributed by atoms with van der Waals surface area (Å²) < 4.78 is 4.81. The van der Waals surface area contributed by atoms with Gasteiger partial charge in [-0.3, -0.25) is 4.79 Å². The maximum Gasteiger partial charge on any atom is 0.290 e. The molecular weight excluding hydrogens is 206 g/mol. The number of nitrogens with zero attached hydrogens (tertiary/aromatic N) is 1. The fraction of sp³-hybridized carbons (Fsp3) is 0.636. The van der Waals surface area contributed by atoms with Gasteiger partial charge in [0.05, 0.1) is 6.20 Å². The van der Waals surface area contributed by atoms with Crippen molar-refractivity contribution in [1.29, 1.82) is 0 Å². The van der Waals surface area contributed by atoms with Crippen LogP contribution < -0.4 is 11.1 Å². The predicted molar refractivity (Wildman–Crippen MR) is 58.8 cm³/mol. The van der Waals surface area contributed by atoms with Crippen molar-refractivity contribution in [2.24, 2.45) is 11.7 Å². The number of carbonyl (C=O) groups excluding carboxylic acids is 1. The third-order valence-electron chi connectivity index (χ3n) is 3.19. The van der Waals surface area contributed by atoms with Crippen LogP contribution in [0.3, 0.4) is 0 Å². The van der Waals surface area contributed by atoms with Crippen molar-refractivity contribution < 1.29 is 9.32 Å². The second kappa shape index (κ2) is 5.12. The van der Waals surface area contributed by atoms with E-state index in [2.05, 4.69) is 10.5 Å². The number of hydrogen-bond acceptors (Lipinski definition) is 4. The molecule has 1 aromatic rings. The van der Waals surface area contributed by atoms with Crippen LogP contribution in [0.5, 0.6) is 0 Å². The molecule has 1 amide bonds. The highest BCUT2D eigenvalue weighted by Crippen LogP contribution is 2.23. The van der Waals surface area contributed by atoms with Gasteiger partial charge in [0.25, 0.3) is 5.91 Å². The van der Waals surface area contributed by atoms with Crippen LogP contribution >= 0.6 is 0 Å². The lowest BCUT2D eigenvalue weighted by Gasteiger charge is -2.30. The van der Waals surface area contributed by atoms with Crippen molar-refractivity contribution in [3.05, 3.63) is 18.0 Å². The molecule has 5 nitrogen and oxygen atoms in total. The zero-order valence-corrected chi connectivity index (χ0v) is 9.19. The largest absolute Gasteiger partial charge is 0.351 e. The number of nitrogens with one attached hydrogen (secondary N) is 1. The molecule has 1 fully saturated rings. The molecule has 16 heavy (non-hydrogen) atoms. The molecule has 1 aliphatic carbocycles. The van der Waals surface area contributed by atoms with E-state index < -0.39 is 0 Å². The Balaban J connectivity index is 1.95. The van der Waals surface area contributed by atoms with Crippen LogP contribution in [-0.2, 0) is 0 Å². The van der Waals surface area contributed by atoms with Crippen molar-refractivity contribution in [2.75, 3.05) is 6.54 Å². The molecule has 1 heterocycles. The smallest absolute Gasteiger partial charge is 0.290 e. The summed E-state index contributed by atoms with van der Waals surface area (Å²) in [5, 5.41) is 6.48. The molecule has 1 aliphatic rings. The third-order valence-corrected chi connectivity index (χ3v) is 3.19. The van der Waals surface area contributed by atoms with Gasteiger partial charge in [0.1, 0.15) is 0 Å². The molecule has 1 saturated carbocycles. The quantitative estimate of drug-likeness (QED) is 0.798. The zero-order chi connectivity index (χ0) is 11.4. The van der Waals surface area contributed by atoms with E-state index in [1.54, 1.807) is 6.07 Å². The van der Waals surface area contributed by atoms with Gasteiger partial charge in [0.2, 0.25) is 5.76 Å². The van der Waals surface area contributed by atoms with Crippen molar-refractivity contribution >= 4 is 5.91 Å². The van der Waals surface area contributed by atoms with Crippen LogP contribution in [0.15, 0.2) is 16.8 Å². The third kappa shape index (κ3) is 2.41. The van der Waals surface area contributed by atoms with E-state index in [1.165, 1.54) is 12.6 Å². The van der Waals surface area contributed by atoms with Crippen molar-refractivity contribution in [1.82, 2.24) is 10.5 Å². The van der Waals surface area contributed by atoms with Crippen LogP contribution in [0.1, 0.15) is 36.2 Å². The Morgan fingerprint density at radius 2 is 2.38 bits per heavy atom. The second-order valence-corrected chi connectivity index (χ2v) is 4.24. The van der Waals surface area contributed by atoms with Gasteiger partial charge >= 0.3 is 0 Å². The number of rotatable bonds is 3. The van der Waals surface area contributed by atoms with Crippen LogP contribution in [0.2, 0.25) is 0 Å². The second-order valence-electron chi connectivity index (χ2n) is 4.24. The van der Waals surface area contributed by atoms with Crippen LogP contribution in [0.4, 0.5) is 0 Å². The van der Waals surface area contributed by atoms with E-state index in [0.29, 0.717) is 12.5 Å². The molecule has 3 N–H and O–H groups in total. The first-order chi connectivity index (χ1) is 7.81. The molecule has 1 aromatic heterocycles. The van der Waals surface area contributed by atoms with Gasteiger partial charge in [-0.25, -0.2) is 0 Å². The average molecular weight is 223 g/mol. The van der Waals surface area contributed by atoms with Gasteiger partial charge in [-0.2, -0.15) is 0 Å². The van der Waals surface area contributed by atoms with Gasteiger partial charge in [-0.05, 0) is 25.3 Å². The molecule has 0 radical (unpaired) electrons. The summed E-state index contributed by atoms with van der Waals surface area (Å²) in [7, 11) is 0. The molecule has 2 rings (SSSR count). The summed E-state index contributed by atoms with van der Waals surface area (Å²) >= 11 is 0. The zero-order valence-electron chi connectivity index (χ0n) is 9.19. The Kier molecular flexibility index (Phi) is 3.56. The summed E-state index contributed by atoms with van der Waals surface area (Å²) in [6.07, 6.45) is 5.92. The number of hydrogen-bond donors (Lipinski definition) is 2. The van der Waals surface area contributed by atoms with Crippen LogP contribution in [0.25, 0.3) is 0 Å². The van der Waals surface area contributed by atoms with E-state index >= 15 is 0 Å². The van der Waals surface area contributed by atoms with Gasteiger partial charge in [-0.1, -0.05) is 18.0 Å². The Morgan fingerprint density at radius 1 is 1.56 bits per heavy atom. The number of nitrogens with two attached hydrogens (primary N) is 1. The molecule has 0 spiro atoms. The summed E-state index contributed by atoms with van der Waals surface area (Å²) in [4.78, 5) is 11.7. The highest BCUT2D eigenvalue weighted by atomic mass is 16.5. The van der Waals surface area contributed by atoms with Crippen molar-refractivity contribution in [3.8, 4) is 0 Å². The fourth-order valence-electron chi connectivity index (χ4n) is 2.25. The molecule has 0 saturated heterocycles. The topological polar surface area (TPSA) is 81.1 Å². The van der Waals surface area contributed by atoms with E-state index in [9.17, 15) is 4.79 Å². The summed E-state index contributed by atoms with van der Waals surface area (Å²) in [6.45, 7) is 0.626. The van der Waals surface area contributed by atoms with Gasteiger partial charge in [0, 0.05) is 12.1 Å². The molecule has 2 atom stereocenters. The first-order valence-corrected chi connectivity index (χ1v) is 5.73. The first kappa shape index (κ1) is 11.1. The predicted octanol–water partition coefficient (Wildman–Crippen LogP) is 0.922. The molecule has 0 aliphatic heterocycles. The number of carbonyl (C=O) groups is 1. The average Bonchev–Trinajstić information content (AvgIpc) is 2.83. The number of aromatic nitrogens is 1. The van der Waals surface area contributed by atoms with E-state index in [4.69, 9.17) is 10.3 Å². The monoisotopic (exact) mass is 223 g/mol. The highest BCUT2D eigenvalue weighted by molar-refractivity contribution is 5.91. The lowest BCUT2D eigenvalue weighted by molar-refractivity contribution is 0.0870. The summed E-state index contributed by atoms with van der Waals surface area (Å²) in [5.74, 6) is 0.463. The summed E-state index contributed by atoms with van der Waals surface area (Å²) in [6, 6.07) is 1.74. The lowest BCUT2D eigenvalue weighted by Crippen LogP contribution is -2.44. The van der Waals surface area contributed by atoms with E-state index in [-0.39, 0.29) is 17.7 Å². The Labute approximate surface area is 94.4 Å². The molecular formula is C11H17N3O2. The molecule has 88 valence electrons. The first-order valence-electron chi connectivity index (χ1n) is 5.73. The minimum atomic E-state index is -0.192. The maximum absolute atomic E-state index is 11.7. The maximum atomic E-state index is 11.7.